The number of hydrogen-bond donors (Lipinski definition) is 1. The van der Waals surface area contributed by atoms with Crippen LogP contribution in [0.5, 0.6) is 0 Å². The summed E-state index contributed by atoms with van der Waals surface area (Å²) < 4.78 is 5.87. The number of nitrogens with zero attached hydrogens (tertiary/aromatic N) is 2. The Hall–Kier alpha value is -1.88. The molecule has 0 aromatic carbocycles. The zero-order valence-electron chi connectivity index (χ0n) is 11.1. The van der Waals surface area contributed by atoms with Crippen LogP contribution in [0.3, 0.4) is 0 Å². The van der Waals surface area contributed by atoms with E-state index in [-0.39, 0.29) is 5.91 Å². The minimum atomic E-state index is -0.119. The number of likely N-dealkylation sites (tertiary alicyclic amines) is 1. The van der Waals surface area contributed by atoms with Crippen LogP contribution in [0.4, 0.5) is 5.82 Å². The number of aromatic nitrogens is 1. The minimum absolute atomic E-state index is 0.119. The molecule has 3 heterocycles. The summed E-state index contributed by atoms with van der Waals surface area (Å²) >= 11 is 0. The van der Waals surface area contributed by atoms with Crippen molar-refractivity contribution < 1.29 is 9.21 Å². The first-order chi connectivity index (χ1) is 9.13. The first-order valence-corrected chi connectivity index (χ1v) is 6.52. The van der Waals surface area contributed by atoms with Gasteiger partial charge in [-0.3, -0.25) is 9.69 Å². The molecule has 1 N–H and O–H groups in total. The van der Waals surface area contributed by atoms with Crippen molar-refractivity contribution in [3.8, 4) is 0 Å². The Kier molecular flexibility index (Phi) is 2.98. The first kappa shape index (κ1) is 12.2. The topological polar surface area (TPSA) is 58.4 Å². The Labute approximate surface area is 111 Å². The molecule has 2 aromatic heterocycles. The molecule has 1 aliphatic heterocycles. The van der Waals surface area contributed by atoms with Gasteiger partial charge in [-0.15, -0.1) is 0 Å². The molecule has 0 bridgehead atoms. The van der Waals surface area contributed by atoms with Crippen LogP contribution in [-0.2, 0) is 4.79 Å². The second-order valence-corrected chi connectivity index (χ2v) is 5.05. The van der Waals surface area contributed by atoms with Gasteiger partial charge in [0.15, 0.2) is 5.58 Å². The summed E-state index contributed by atoms with van der Waals surface area (Å²) in [4.78, 5) is 17.7. The number of carbonyl (C=O) groups excluding carboxylic acids is 1. The molecule has 5 heteroatoms. The van der Waals surface area contributed by atoms with Gasteiger partial charge in [0, 0.05) is 13.0 Å². The van der Waals surface area contributed by atoms with Crippen LogP contribution in [0.25, 0.3) is 11.1 Å². The van der Waals surface area contributed by atoms with Gasteiger partial charge in [0.2, 0.25) is 5.91 Å². The van der Waals surface area contributed by atoms with Crippen molar-refractivity contribution in [2.24, 2.45) is 0 Å². The van der Waals surface area contributed by atoms with Crippen molar-refractivity contribution in [1.29, 1.82) is 0 Å². The maximum atomic E-state index is 11.0. The molecular formula is C14H17N3O2. The molecule has 0 aliphatic carbocycles. The Bertz CT molecular complexity index is 620. The third-order valence-corrected chi connectivity index (χ3v) is 3.55. The van der Waals surface area contributed by atoms with E-state index >= 15 is 0 Å². The van der Waals surface area contributed by atoms with E-state index in [1.54, 1.807) is 6.07 Å². The number of fused-ring (bicyclic) bond motifs is 1. The van der Waals surface area contributed by atoms with Crippen molar-refractivity contribution in [3.05, 3.63) is 24.0 Å². The smallest absolute Gasteiger partial charge is 0.222 e. The lowest BCUT2D eigenvalue weighted by molar-refractivity contribution is -0.114. The normalized spacial score (nSPS) is 20.0. The summed E-state index contributed by atoms with van der Waals surface area (Å²) in [5.41, 5.74) is 1.56. The fourth-order valence-electron chi connectivity index (χ4n) is 2.63. The van der Waals surface area contributed by atoms with Gasteiger partial charge < -0.3 is 9.73 Å². The van der Waals surface area contributed by atoms with Gasteiger partial charge in [-0.05, 0) is 38.6 Å². The average molecular weight is 259 g/mol. The third-order valence-electron chi connectivity index (χ3n) is 3.55. The molecule has 2 aromatic rings. The standard InChI is InChI=1S/C14H17N3O2/c1-9(18)15-14-6-5-12-10(16-14)8-13(19-12)11-4-3-7-17(11)2/h5-6,8,11H,3-4,7H2,1-2H3,(H,15,16,18). The molecule has 5 nitrogen and oxygen atoms in total. The predicted octanol–water partition coefficient (Wildman–Crippen LogP) is 2.55. The lowest BCUT2D eigenvalue weighted by Crippen LogP contribution is -2.16. The van der Waals surface area contributed by atoms with Crippen molar-refractivity contribution >= 4 is 22.8 Å². The van der Waals surface area contributed by atoms with Gasteiger partial charge in [-0.2, -0.15) is 0 Å². The van der Waals surface area contributed by atoms with E-state index in [4.69, 9.17) is 4.42 Å². The largest absolute Gasteiger partial charge is 0.458 e. The van der Waals surface area contributed by atoms with Crippen LogP contribution in [0.15, 0.2) is 22.6 Å². The van der Waals surface area contributed by atoms with Crippen LogP contribution < -0.4 is 5.32 Å². The fourth-order valence-corrected chi connectivity index (χ4v) is 2.63. The van der Waals surface area contributed by atoms with E-state index < -0.39 is 0 Å². The monoisotopic (exact) mass is 259 g/mol. The highest BCUT2D eigenvalue weighted by atomic mass is 16.3. The molecule has 100 valence electrons. The molecule has 1 saturated heterocycles. The van der Waals surface area contributed by atoms with Crippen LogP contribution in [0.1, 0.15) is 31.6 Å². The fraction of sp³-hybridized carbons (Fsp3) is 0.429. The van der Waals surface area contributed by atoms with E-state index in [9.17, 15) is 4.79 Å². The summed E-state index contributed by atoms with van der Waals surface area (Å²) in [5, 5.41) is 2.68. The minimum Gasteiger partial charge on any atom is -0.458 e. The molecule has 1 unspecified atom stereocenters. The SMILES string of the molecule is CC(=O)Nc1ccc2oc(C3CCCN3C)cc2n1. The van der Waals surface area contributed by atoms with Crippen molar-refractivity contribution in [1.82, 2.24) is 9.88 Å². The maximum absolute atomic E-state index is 11.0. The number of pyridine rings is 1. The highest BCUT2D eigenvalue weighted by Crippen LogP contribution is 2.33. The van der Waals surface area contributed by atoms with E-state index in [0.717, 1.165) is 29.8 Å². The maximum Gasteiger partial charge on any atom is 0.222 e. The molecule has 1 atom stereocenters. The zero-order valence-corrected chi connectivity index (χ0v) is 11.1. The molecule has 1 fully saturated rings. The van der Waals surface area contributed by atoms with Gasteiger partial charge in [0.05, 0.1) is 6.04 Å². The quantitative estimate of drug-likeness (QED) is 0.900. The summed E-state index contributed by atoms with van der Waals surface area (Å²) in [6, 6.07) is 5.94. The Morgan fingerprint density at radius 3 is 3.05 bits per heavy atom. The molecule has 1 amide bonds. The highest BCUT2D eigenvalue weighted by molar-refractivity contribution is 5.89. The summed E-state index contributed by atoms with van der Waals surface area (Å²) in [6.45, 7) is 2.58. The van der Waals surface area contributed by atoms with E-state index in [1.165, 1.54) is 13.3 Å². The second-order valence-electron chi connectivity index (χ2n) is 5.05. The third kappa shape index (κ3) is 2.33. The van der Waals surface area contributed by atoms with Gasteiger partial charge in [0.1, 0.15) is 17.1 Å². The molecule has 1 aliphatic rings. The summed E-state index contributed by atoms with van der Waals surface area (Å²) in [7, 11) is 2.11. The number of rotatable bonds is 2. The van der Waals surface area contributed by atoms with Gasteiger partial charge in [0.25, 0.3) is 0 Å². The van der Waals surface area contributed by atoms with E-state index in [1.807, 2.05) is 12.1 Å². The van der Waals surface area contributed by atoms with Crippen molar-refractivity contribution in [2.75, 3.05) is 18.9 Å². The predicted molar refractivity (Wildman–Crippen MR) is 72.9 cm³/mol. The second kappa shape index (κ2) is 4.66. The number of carbonyl (C=O) groups is 1. The molecule has 0 saturated carbocycles. The molecule has 0 spiro atoms. The number of anilines is 1. The van der Waals surface area contributed by atoms with E-state index in [2.05, 4.69) is 22.2 Å². The van der Waals surface area contributed by atoms with Crippen molar-refractivity contribution in [2.45, 2.75) is 25.8 Å². The van der Waals surface area contributed by atoms with Crippen LogP contribution in [0.2, 0.25) is 0 Å². The Morgan fingerprint density at radius 2 is 2.37 bits per heavy atom. The number of hydrogen-bond acceptors (Lipinski definition) is 4. The van der Waals surface area contributed by atoms with Gasteiger partial charge in [-0.1, -0.05) is 0 Å². The van der Waals surface area contributed by atoms with Gasteiger partial charge >= 0.3 is 0 Å². The average Bonchev–Trinajstić information content (AvgIpc) is 2.93. The number of amides is 1. The zero-order chi connectivity index (χ0) is 13.4. The Morgan fingerprint density at radius 1 is 1.53 bits per heavy atom. The number of nitrogens with one attached hydrogen (secondary N) is 1. The van der Waals surface area contributed by atoms with Crippen LogP contribution in [-0.4, -0.2) is 29.4 Å². The lowest BCUT2D eigenvalue weighted by Gasteiger charge is -2.16. The lowest BCUT2D eigenvalue weighted by atomic mass is 10.2. The number of furan rings is 1. The molecular weight excluding hydrogens is 242 g/mol. The van der Waals surface area contributed by atoms with Crippen molar-refractivity contribution in [3.63, 3.8) is 0 Å². The molecule has 19 heavy (non-hydrogen) atoms. The van der Waals surface area contributed by atoms with Crippen LogP contribution in [0, 0.1) is 0 Å². The first-order valence-electron chi connectivity index (χ1n) is 6.52. The summed E-state index contributed by atoms with van der Waals surface area (Å²) in [5.74, 6) is 1.40. The highest BCUT2D eigenvalue weighted by Gasteiger charge is 2.25. The van der Waals surface area contributed by atoms with Crippen LogP contribution >= 0.6 is 0 Å². The van der Waals surface area contributed by atoms with E-state index in [0.29, 0.717) is 11.9 Å². The summed E-state index contributed by atoms with van der Waals surface area (Å²) in [6.07, 6.45) is 2.32. The van der Waals surface area contributed by atoms with Gasteiger partial charge in [-0.25, -0.2) is 4.98 Å². The Balaban J connectivity index is 1.94. The molecule has 0 radical (unpaired) electrons. The molecule has 3 rings (SSSR count).